The molecule has 2 aromatic rings. The second-order valence-corrected chi connectivity index (χ2v) is 7.38. The van der Waals surface area contributed by atoms with Crippen LogP contribution in [0.5, 0.6) is 0 Å². The molecule has 6 heteroatoms. The van der Waals surface area contributed by atoms with Gasteiger partial charge >= 0.3 is 0 Å². The number of hydrogen-bond donors (Lipinski definition) is 1. The summed E-state index contributed by atoms with van der Waals surface area (Å²) in [6.07, 6.45) is 0. The lowest BCUT2D eigenvalue weighted by Gasteiger charge is -2.18. The first-order chi connectivity index (χ1) is 9.02. The fraction of sp³-hybridized carbons (Fsp3) is 0.231. The summed E-state index contributed by atoms with van der Waals surface area (Å²) in [7, 11) is 0. The normalized spacial score (nSPS) is 12.7. The molecule has 0 saturated carbocycles. The van der Waals surface area contributed by atoms with E-state index in [9.17, 15) is 4.39 Å². The molecule has 1 unspecified atom stereocenters. The Balaban J connectivity index is 2.47. The minimum atomic E-state index is -0.227. The lowest BCUT2D eigenvalue weighted by atomic mass is 10.0. The van der Waals surface area contributed by atoms with Gasteiger partial charge in [-0.2, -0.15) is 0 Å². The number of halogens is 4. The molecule has 0 aliphatic carbocycles. The zero-order valence-electron chi connectivity index (χ0n) is 10.0. The molecule has 0 aliphatic heterocycles. The molecule has 0 spiro atoms. The molecule has 1 aromatic carbocycles. The highest BCUT2D eigenvalue weighted by atomic mass is 79.9. The Morgan fingerprint density at radius 1 is 1.37 bits per heavy atom. The molecule has 1 heterocycles. The van der Waals surface area contributed by atoms with Crippen molar-refractivity contribution in [2.75, 3.05) is 6.54 Å². The van der Waals surface area contributed by atoms with Gasteiger partial charge in [0.2, 0.25) is 0 Å². The van der Waals surface area contributed by atoms with E-state index in [4.69, 9.17) is 11.6 Å². The molecule has 0 bridgehead atoms. The van der Waals surface area contributed by atoms with Crippen LogP contribution < -0.4 is 5.32 Å². The molecule has 2 rings (SSSR count). The summed E-state index contributed by atoms with van der Waals surface area (Å²) in [6, 6.07) is 6.69. The van der Waals surface area contributed by atoms with Gasteiger partial charge in [0.25, 0.3) is 0 Å². The van der Waals surface area contributed by atoms with Crippen LogP contribution in [0, 0.1) is 5.82 Å². The summed E-state index contributed by atoms with van der Waals surface area (Å²) in [5.41, 5.74) is 0.613. The molecule has 1 N–H and O–H groups in total. The van der Waals surface area contributed by atoms with Crippen molar-refractivity contribution >= 4 is 54.8 Å². The lowest BCUT2D eigenvalue weighted by molar-refractivity contribution is 0.562. The van der Waals surface area contributed by atoms with Gasteiger partial charge in [-0.05, 0) is 46.7 Å². The van der Waals surface area contributed by atoms with E-state index in [1.165, 1.54) is 17.4 Å². The van der Waals surface area contributed by atoms with E-state index in [0.29, 0.717) is 9.90 Å². The van der Waals surface area contributed by atoms with Gasteiger partial charge < -0.3 is 5.32 Å². The van der Waals surface area contributed by atoms with Crippen LogP contribution in [0.1, 0.15) is 23.4 Å². The van der Waals surface area contributed by atoms with Crippen LogP contribution in [-0.2, 0) is 0 Å². The highest BCUT2D eigenvalue weighted by molar-refractivity contribution is 9.10. The largest absolute Gasteiger partial charge is 0.306 e. The Bertz CT molecular complexity index is 569. The molecular formula is C13H11Br2ClFNS. The van der Waals surface area contributed by atoms with E-state index < -0.39 is 0 Å². The Hall–Kier alpha value is 0.0600. The standard InChI is InChI=1S/C13H11Br2ClFNS/c1-2-18-12(11-6-9(15)13(16)19-11)8-5-7(14)3-4-10(8)17/h3-6,12,18H,2H2,1H3. The summed E-state index contributed by atoms with van der Waals surface area (Å²) in [5, 5.41) is 3.29. The zero-order valence-corrected chi connectivity index (χ0v) is 14.8. The molecular weight excluding hydrogens is 416 g/mol. The van der Waals surface area contributed by atoms with E-state index in [1.807, 2.05) is 13.0 Å². The molecule has 0 aliphatic rings. The monoisotopic (exact) mass is 425 g/mol. The van der Waals surface area contributed by atoms with E-state index in [-0.39, 0.29) is 11.9 Å². The van der Waals surface area contributed by atoms with E-state index in [1.54, 1.807) is 12.1 Å². The Morgan fingerprint density at radius 3 is 2.68 bits per heavy atom. The third-order valence-electron chi connectivity index (χ3n) is 2.63. The zero-order chi connectivity index (χ0) is 14.0. The summed E-state index contributed by atoms with van der Waals surface area (Å²) >= 11 is 14.3. The van der Waals surface area contributed by atoms with Gasteiger partial charge in [-0.1, -0.05) is 34.5 Å². The van der Waals surface area contributed by atoms with E-state index >= 15 is 0 Å². The number of nitrogens with one attached hydrogen (secondary N) is 1. The predicted molar refractivity (Wildman–Crippen MR) is 86.6 cm³/mol. The van der Waals surface area contributed by atoms with Crippen molar-refractivity contribution in [3.8, 4) is 0 Å². The highest BCUT2D eigenvalue weighted by Gasteiger charge is 2.20. The molecule has 1 nitrogen and oxygen atoms in total. The minimum absolute atomic E-state index is 0.198. The highest BCUT2D eigenvalue weighted by Crippen LogP contribution is 2.38. The van der Waals surface area contributed by atoms with Crippen LogP contribution in [0.25, 0.3) is 0 Å². The Labute approximate surface area is 137 Å². The van der Waals surface area contributed by atoms with Crippen LogP contribution in [0.15, 0.2) is 33.2 Å². The van der Waals surface area contributed by atoms with Crippen LogP contribution in [0.2, 0.25) is 4.34 Å². The van der Waals surface area contributed by atoms with Gasteiger partial charge in [0, 0.05) is 19.4 Å². The van der Waals surface area contributed by atoms with Gasteiger partial charge in [-0.3, -0.25) is 0 Å². The van der Waals surface area contributed by atoms with E-state index in [0.717, 1.165) is 20.4 Å². The summed E-state index contributed by atoms with van der Waals surface area (Å²) in [6.45, 7) is 2.73. The molecule has 0 radical (unpaired) electrons. The van der Waals surface area contributed by atoms with Gasteiger partial charge in [-0.15, -0.1) is 11.3 Å². The maximum Gasteiger partial charge on any atom is 0.128 e. The molecule has 19 heavy (non-hydrogen) atoms. The summed E-state index contributed by atoms with van der Waals surface area (Å²) in [4.78, 5) is 0.982. The summed E-state index contributed by atoms with van der Waals surface area (Å²) in [5.74, 6) is -0.227. The molecule has 102 valence electrons. The van der Waals surface area contributed by atoms with Crippen molar-refractivity contribution in [1.29, 1.82) is 0 Å². The van der Waals surface area contributed by atoms with Gasteiger partial charge in [0.1, 0.15) is 10.2 Å². The third-order valence-corrected chi connectivity index (χ3v) is 5.66. The number of rotatable bonds is 4. The van der Waals surface area contributed by atoms with Crippen LogP contribution >= 0.6 is 54.8 Å². The van der Waals surface area contributed by atoms with Crippen molar-refractivity contribution in [2.24, 2.45) is 0 Å². The topological polar surface area (TPSA) is 12.0 Å². The van der Waals surface area contributed by atoms with Crippen molar-refractivity contribution in [2.45, 2.75) is 13.0 Å². The average molecular weight is 428 g/mol. The van der Waals surface area contributed by atoms with Crippen molar-refractivity contribution in [3.05, 3.63) is 53.8 Å². The third kappa shape index (κ3) is 3.58. The Morgan fingerprint density at radius 2 is 2.11 bits per heavy atom. The second-order valence-electron chi connectivity index (χ2n) is 3.93. The van der Waals surface area contributed by atoms with Crippen molar-refractivity contribution in [1.82, 2.24) is 5.32 Å². The first-order valence-corrected chi connectivity index (χ1v) is 8.44. The van der Waals surface area contributed by atoms with Crippen molar-refractivity contribution < 1.29 is 4.39 Å². The fourth-order valence-corrected chi connectivity index (χ4v) is 4.02. The molecule has 0 fully saturated rings. The maximum absolute atomic E-state index is 14.0. The first-order valence-electron chi connectivity index (χ1n) is 5.66. The molecule has 1 atom stereocenters. The second kappa shape index (κ2) is 6.68. The smallest absolute Gasteiger partial charge is 0.128 e. The first kappa shape index (κ1) is 15.4. The van der Waals surface area contributed by atoms with Gasteiger partial charge in [-0.25, -0.2) is 4.39 Å². The predicted octanol–water partition coefficient (Wildman–Crippen LogP) is 5.76. The molecule has 0 saturated heterocycles. The number of thiophene rings is 1. The van der Waals surface area contributed by atoms with Crippen LogP contribution in [0.4, 0.5) is 4.39 Å². The minimum Gasteiger partial charge on any atom is -0.306 e. The number of benzene rings is 1. The fourth-order valence-electron chi connectivity index (χ4n) is 1.81. The van der Waals surface area contributed by atoms with Gasteiger partial charge in [0.05, 0.1) is 6.04 Å². The number of hydrogen-bond acceptors (Lipinski definition) is 2. The lowest BCUT2D eigenvalue weighted by Crippen LogP contribution is -2.22. The van der Waals surface area contributed by atoms with Gasteiger partial charge in [0.15, 0.2) is 0 Å². The molecule has 1 aromatic heterocycles. The maximum atomic E-state index is 14.0. The quantitative estimate of drug-likeness (QED) is 0.654. The molecule has 0 amide bonds. The van der Waals surface area contributed by atoms with Crippen LogP contribution in [0.3, 0.4) is 0 Å². The Kier molecular flexibility index (Phi) is 5.43. The summed E-state index contributed by atoms with van der Waals surface area (Å²) < 4.78 is 16.4. The van der Waals surface area contributed by atoms with E-state index in [2.05, 4.69) is 37.2 Å². The van der Waals surface area contributed by atoms with Crippen LogP contribution in [-0.4, -0.2) is 6.54 Å². The van der Waals surface area contributed by atoms with Crippen molar-refractivity contribution in [3.63, 3.8) is 0 Å². The average Bonchev–Trinajstić information content (AvgIpc) is 2.70. The SMILES string of the molecule is CCNC(c1cc(Br)c(Cl)s1)c1cc(Br)ccc1F.